The van der Waals surface area contributed by atoms with Crippen LogP contribution >= 0.6 is 0 Å². The van der Waals surface area contributed by atoms with Crippen molar-refractivity contribution in [1.29, 1.82) is 0 Å². The fraction of sp³-hybridized carbons (Fsp3) is 0.357. The maximum atomic E-state index is 13.2. The Morgan fingerprint density at radius 1 is 1.42 bits per heavy atom. The van der Waals surface area contributed by atoms with E-state index in [1.165, 1.54) is 12.1 Å². The number of aromatic nitrogens is 2. The highest BCUT2D eigenvalue weighted by atomic mass is 19.1. The van der Waals surface area contributed by atoms with Crippen LogP contribution in [0, 0.1) is 5.82 Å². The molecule has 2 unspecified atom stereocenters. The van der Waals surface area contributed by atoms with Gasteiger partial charge < -0.3 is 15.0 Å². The fourth-order valence-electron chi connectivity index (χ4n) is 2.41. The maximum Gasteiger partial charge on any atom is 0.123 e. The smallest absolute Gasteiger partial charge is 0.123 e. The Balaban J connectivity index is 1.80. The first-order valence-electron chi connectivity index (χ1n) is 6.33. The summed E-state index contributed by atoms with van der Waals surface area (Å²) in [6.45, 7) is 0.831. The van der Waals surface area contributed by atoms with Gasteiger partial charge in [-0.25, -0.2) is 9.37 Å². The number of nitrogens with zero attached hydrogens (tertiary/aromatic N) is 1. The van der Waals surface area contributed by atoms with Crippen LogP contribution in [0.25, 0.3) is 11.3 Å². The summed E-state index contributed by atoms with van der Waals surface area (Å²) in [6.07, 6.45) is 2.87. The molecule has 2 N–H and O–H groups in total. The standard InChI is InChI=1S/C14H16FN3O/c1-19-11-6-12(16-7-11)14-17-8-13(18-14)9-3-2-4-10(15)5-9/h2-5,8,11-12,16H,6-7H2,1H3,(H,17,18). The van der Waals surface area contributed by atoms with Crippen molar-refractivity contribution in [3.05, 3.63) is 42.1 Å². The van der Waals surface area contributed by atoms with Gasteiger partial charge in [0.1, 0.15) is 11.6 Å². The summed E-state index contributed by atoms with van der Waals surface area (Å²) in [5.41, 5.74) is 1.64. The minimum Gasteiger partial charge on any atom is -0.380 e. The first-order chi connectivity index (χ1) is 9.26. The molecule has 1 aliphatic rings. The van der Waals surface area contributed by atoms with Crippen LogP contribution in [0.2, 0.25) is 0 Å². The van der Waals surface area contributed by atoms with Gasteiger partial charge in [-0.2, -0.15) is 0 Å². The molecule has 0 amide bonds. The van der Waals surface area contributed by atoms with E-state index in [9.17, 15) is 4.39 Å². The van der Waals surface area contributed by atoms with E-state index in [0.29, 0.717) is 0 Å². The molecule has 100 valence electrons. The zero-order valence-corrected chi connectivity index (χ0v) is 10.7. The van der Waals surface area contributed by atoms with Crippen molar-refractivity contribution in [3.8, 4) is 11.3 Å². The number of imidazole rings is 1. The summed E-state index contributed by atoms with van der Waals surface area (Å²) in [5.74, 6) is 0.630. The Hall–Kier alpha value is -1.72. The van der Waals surface area contributed by atoms with Crippen LogP contribution in [0.1, 0.15) is 18.3 Å². The van der Waals surface area contributed by atoms with Crippen molar-refractivity contribution >= 4 is 0 Å². The third-order valence-corrected chi connectivity index (χ3v) is 3.49. The number of ether oxygens (including phenoxy) is 1. The highest BCUT2D eigenvalue weighted by Crippen LogP contribution is 2.25. The molecule has 0 aliphatic carbocycles. The van der Waals surface area contributed by atoms with Crippen LogP contribution in [0.3, 0.4) is 0 Å². The Morgan fingerprint density at radius 2 is 2.32 bits per heavy atom. The molecule has 0 radical (unpaired) electrons. The monoisotopic (exact) mass is 261 g/mol. The predicted molar refractivity (Wildman–Crippen MR) is 70.1 cm³/mol. The van der Waals surface area contributed by atoms with Gasteiger partial charge >= 0.3 is 0 Å². The van der Waals surface area contributed by atoms with Gasteiger partial charge in [-0.3, -0.25) is 0 Å². The average molecular weight is 261 g/mol. The minimum absolute atomic E-state index is 0.173. The highest BCUT2D eigenvalue weighted by Gasteiger charge is 2.27. The van der Waals surface area contributed by atoms with Gasteiger partial charge in [0.05, 0.1) is 24.0 Å². The molecule has 0 bridgehead atoms. The number of nitrogens with one attached hydrogen (secondary N) is 2. The van der Waals surface area contributed by atoms with Crippen LogP contribution in [0.5, 0.6) is 0 Å². The molecule has 4 nitrogen and oxygen atoms in total. The second-order valence-corrected chi connectivity index (χ2v) is 4.75. The Morgan fingerprint density at radius 3 is 3.05 bits per heavy atom. The van der Waals surface area contributed by atoms with Crippen LogP contribution in [-0.4, -0.2) is 29.7 Å². The molecule has 0 spiro atoms. The third-order valence-electron chi connectivity index (χ3n) is 3.49. The molecule has 19 heavy (non-hydrogen) atoms. The van der Waals surface area contributed by atoms with Crippen molar-refractivity contribution in [2.75, 3.05) is 13.7 Å². The van der Waals surface area contributed by atoms with Gasteiger partial charge in [0.15, 0.2) is 0 Å². The van der Waals surface area contributed by atoms with Gasteiger partial charge in [-0.15, -0.1) is 0 Å². The van der Waals surface area contributed by atoms with Gasteiger partial charge in [-0.05, 0) is 18.6 Å². The van der Waals surface area contributed by atoms with Crippen LogP contribution < -0.4 is 5.32 Å². The van der Waals surface area contributed by atoms with Gasteiger partial charge in [0, 0.05) is 19.2 Å². The van der Waals surface area contributed by atoms with E-state index in [1.54, 1.807) is 19.4 Å². The third kappa shape index (κ3) is 2.52. The van der Waals surface area contributed by atoms with Gasteiger partial charge in [0.2, 0.25) is 0 Å². The molecular formula is C14H16FN3O. The number of H-pyrrole nitrogens is 1. The predicted octanol–water partition coefficient (Wildman–Crippen LogP) is 2.27. The Labute approximate surface area is 111 Å². The SMILES string of the molecule is COC1CNC(c2ncc(-c3cccc(F)c3)[nH]2)C1. The number of rotatable bonds is 3. The van der Waals surface area contributed by atoms with Crippen molar-refractivity contribution in [2.45, 2.75) is 18.6 Å². The zero-order valence-electron chi connectivity index (χ0n) is 10.7. The maximum absolute atomic E-state index is 13.2. The molecule has 3 rings (SSSR count). The fourth-order valence-corrected chi connectivity index (χ4v) is 2.41. The Kier molecular flexibility index (Phi) is 3.31. The van der Waals surface area contributed by atoms with Crippen LogP contribution in [0.15, 0.2) is 30.5 Å². The van der Waals surface area contributed by atoms with E-state index in [0.717, 1.165) is 30.0 Å². The van der Waals surface area contributed by atoms with E-state index < -0.39 is 0 Å². The molecule has 1 aliphatic heterocycles. The molecular weight excluding hydrogens is 245 g/mol. The lowest BCUT2D eigenvalue weighted by atomic mass is 10.1. The summed E-state index contributed by atoms with van der Waals surface area (Å²) < 4.78 is 18.5. The van der Waals surface area contributed by atoms with Crippen molar-refractivity contribution in [1.82, 2.24) is 15.3 Å². The molecule has 2 aromatic rings. The molecule has 0 saturated carbocycles. The molecule has 1 aromatic carbocycles. The number of benzene rings is 1. The summed E-state index contributed by atoms with van der Waals surface area (Å²) in [6, 6.07) is 6.66. The van der Waals surface area contributed by atoms with E-state index in [4.69, 9.17) is 4.74 Å². The lowest BCUT2D eigenvalue weighted by Crippen LogP contribution is -2.16. The topological polar surface area (TPSA) is 49.9 Å². The lowest BCUT2D eigenvalue weighted by Gasteiger charge is -2.06. The summed E-state index contributed by atoms with van der Waals surface area (Å²) in [7, 11) is 1.72. The summed E-state index contributed by atoms with van der Waals surface area (Å²) >= 11 is 0. The van der Waals surface area contributed by atoms with E-state index >= 15 is 0 Å². The minimum atomic E-state index is -0.243. The first kappa shape index (κ1) is 12.3. The molecule has 2 atom stereocenters. The van der Waals surface area contributed by atoms with Crippen LogP contribution in [0.4, 0.5) is 4.39 Å². The van der Waals surface area contributed by atoms with E-state index in [-0.39, 0.29) is 18.0 Å². The number of halogens is 1. The number of aromatic amines is 1. The van der Waals surface area contributed by atoms with Gasteiger partial charge in [0.25, 0.3) is 0 Å². The number of hydrogen-bond acceptors (Lipinski definition) is 3. The molecule has 1 aromatic heterocycles. The number of hydrogen-bond donors (Lipinski definition) is 2. The highest BCUT2D eigenvalue weighted by molar-refractivity contribution is 5.58. The van der Waals surface area contributed by atoms with E-state index in [1.807, 2.05) is 6.07 Å². The van der Waals surface area contributed by atoms with Crippen molar-refractivity contribution < 1.29 is 9.13 Å². The molecule has 1 saturated heterocycles. The quantitative estimate of drug-likeness (QED) is 0.891. The van der Waals surface area contributed by atoms with Crippen molar-refractivity contribution in [2.24, 2.45) is 0 Å². The first-order valence-corrected chi connectivity index (χ1v) is 6.33. The number of methoxy groups -OCH3 is 1. The van der Waals surface area contributed by atoms with Crippen LogP contribution in [-0.2, 0) is 4.74 Å². The second kappa shape index (κ2) is 5.11. The van der Waals surface area contributed by atoms with Gasteiger partial charge in [-0.1, -0.05) is 12.1 Å². The normalized spacial score (nSPS) is 22.8. The molecule has 5 heteroatoms. The van der Waals surface area contributed by atoms with Crippen molar-refractivity contribution in [3.63, 3.8) is 0 Å². The summed E-state index contributed by atoms with van der Waals surface area (Å²) in [5, 5.41) is 3.36. The molecule has 2 heterocycles. The molecule has 1 fully saturated rings. The lowest BCUT2D eigenvalue weighted by molar-refractivity contribution is 0.117. The zero-order chi connectivity index (χ0) is 13.2. The largest absolute Gasteiger partial charge is 0.380 e. The van der Waals surface area contributed by atoms with E-state index in [2.05, 4.69) is 15.3 Å². The Bertz CT molecular complexity index is 569. The summed E-state index contributed by atoms with van der Waals surface area (Å²) in [4.78, 5) is 7.62. The average Bonchev–Trinajstić information content (AvgIpc) is 3.07. The second-order valence-electron chi connectivity index (χ2n) is 4.75.